The molecule has 0 aliphatic rings. The SMILES string of the molecule is CC(C)C(CNc1ccc(I)cc1Cl)c1ccccc1. The van der Waals surface area contributed by atoms with Crippen LogP contribution in [0.3, 0.4) is 0 Å². The van der Waals surface area contributed by atoms with Gasteiger partial charge in [-0.1, -0.05) is 55.8 Å². The van der Waals surface area contributed by atoms with Crippen LogP contribution in [0.1, 0.15) is 25.3 Å². The molecule has 0 saturated heterocycles. The minimum absolute atomic E-state index is 0.478. The van der Waals surface area contributed by atoms with Crippen molar-refractivity contribution in [3.63, 3.8) is 0 Å². The zero-order valence-corrected chi connectivity index (χ0v) is 14.6. The Morgan fingerprint density at radius 3 is 2.40 bits per heavy atom. The summed E-state index contributed by atoms with van der Waals surface area (Å²) in [6.45, 7) is 5.41. The lowest BCUT2D eigenvalue weighted by Gasteiger charge is -2.23. The van der Waals surface area contributed by atoms with Gasteiger partial charge in [-0.3, -0.25) is 0 Å². The minimum Gasteiger partial charge on any atom is -0.383 e. The highest BCUT2D eigenvalue weighted by Crippen LogP contribution is 2.28. The van der Waals surface area contributed by atoms with E-state index in [1.165, 1.54) is 5.56 Å². The highest BCUT2D eigenvalue weighted by Gasteiger charge is 2.15. The number of benzene rings is 2. The third kappa shape index (κ3) is 4.13. The molecule has 2 aromatic rings. The Hall–Kier alpha value is -0.740. The number of rotatable bonds is 5. The van der Waals surface area contributed by atoms with E-state index in [-0.39, 0.29) is 0 Å². The smallest absolute Gasteiger partial charge is 0.0648 e. The van der Waals surface area contributed by atoms with Gasteiger partial charge in [0.25, 0.3) is 0 Å². The summed E-state index contributed by atoms with van der Waals surface area (Å²) in [5.41, 5.74) is 2.38. The van der Waals surface area contributed by atoms with Crippen LogP contribution < -0.4 is 5.32 Å². The van der Waals surface area contributed by atoms with Crippen molar-refractivity contribution >= 4 is 39.9 Å². The fourth-order valence-electron chi connectivity index (χ4n) is 2.29. The zero-order chi connectivity index (χ0) is 14.5. The van der Waals surface area contributed by atoms with E-state index in [0.29, 0.717) is 11.8 Å². The van der Waals surface area contributed by atoms with Gasteiger partial charge in [-0.2, -0.15) is 0 Å². The third-order valence-electron chi connectivity index (χ3n) is 3.48. The molecule has 0 bridgehead atoms. The van der Waals surface area contributed by atoms with Gasteiger partial charge in [-0.05, 0) is 52.3 Å². The van der Waals surface area contributed by atoms with Crippen LogP contribution in [-0.4, -0.2) is 6.54 Å². The van der Waals surface area contributed by atoms with E-state index in [2.05, 4.69) is 78.2 Å². The van der Waals surface area contributed by atoms with Crippen LogP contribution in [0.2, 0.25) is 5.02 Å². The average molecular weight is 400 g/mol. The molecule has 106 valence electrons. The fourth-order valence-corrected chi connectivity index (χ4v) is 3.21. The first-order valence-electron chi connectivity index (χ1n) is 6.82. The highest BCUT2D eigenvalue weighted by molar-refractivity contribution is 14.1. The van der Waals surface area contributed by atoms with E-state index in [1.54, 1.807) is 0 Å². The molecule has 1 unspecified atom stereocenters. The van der Waals surface area contributed by atoms with Crippen molar-refractivity contribution in [3.05, 3.63) is 62.7 Å². The number of anilines is 1. The van der Waals surface area contributed by atoms with Crippen LogP contribution in [0, 0.1) is 9.49 Å². The Morgan fingerprint density at radius 1 is 1.10 bits per heavy atom. The second-order valence-electron chi connectivity index (χ2n) is 5.27. The van der Waals surface area contributed by atoms with Gasteiger partial charge in [0.05, 0.1) is 10.7 Å². The van der Waals surface area contributed by atoms with Crippen molar-refractivity contribution in [3.8, 4) is 0 Å². The summed E-state index contributed by atoms with van der Waals surface area (Å²) in [7, 11) is 0. The van der Waals surface area contributed by atoms with Crippen molar-refractivity contribution in [2.24, 2.45) is 5.92 Å². The van der Waals surface area contributed by atoms with Crippen molar-refractivity contribution < 1.29 is 0 Å². The van der Waals surface area contributed by atoms with E-state index >= 15 is 0 Å². The van der Waals surface area contributed by atoms with Crippen LogP contribution in [-0.2, 0) is 0 Å². The topological polar surface area (TPSA) is 12.0 Å². The predicted molar refractivity (Wildman–Crippen MR) is 96.7 cm³/mol. The van der Waals surface area contributed by atoms with Gasteiger partial charge in [0.2, 0.25) is 0 Å². The second-order valence-corrected chi connectivity index (χ2v) is 6.92. The Kier molecular flexibility index (Phi) is 5.73. The van der Waals surface area contributed by atoms with Crippen molar-refractivity contribution in [1.29, 1.82) is 0 Å². The third-order valence-corrected chi connectivity index (χ3v) is 4.46. The lowest BCUT2D eigenvalue weighted by molar-refractivity contribution is 0.517. The summed E-state index contributed by atoms with van der Waals surface area (Å²) in [6, 6.07) is 16.8. The Bertz CT molecular complexity index is 554. The monoisotopic (exact) mass is 399 g/mol. The molecular weight excluding hydrogens is 381 g/mol. The van der Waals surface area contributed by atoms with E-state index in [4.69, 9.17) is 11.6 Å². The summed E-state index contributed by atoms with van der Waals surface area (Å²) in [6.07, 6.45) is 0. The Morgan fingerprint density at radius 2 is 1.80 bits per heavy atom. The fraction of sp³-hybridized carbons (Fsp3) is 0.294. The number of hydrogen-bond acceptors (Lipinski definition) is 1. The molecule has 3 heteroatoms. The molecule has 0 aliphatic carbocycles. The standard InChI is InChI=1S/C17H19ClIN/c1-12(2)15(13-6-4-3-5-7-13)11-20-17-9-8-14(19)10-16(17)18/h3-10,12,15,20H,11H2,1-2H3. The van der Waals surface area contributed by atoms with Gasteiger partial charge < -0.3 is 5.32 Å². The molecular formula is C17H19ClIN. The van der Waals surface area contributed by atoms with E-state index < -0.39 is 0 Å². The van der Waals surface area contributed by atoms with Gasteiger partial charge in [0, 0.05) is 16.0 Å². The van der Waals surface area contributed by atoms with E-state index in [1.807, 2.05) is 12.1 Å². The maximum absolute atomic E-state index is 6.27. The molecule has 0 amide bonds. The number of halogens is 2. The first-order valence-corrected chi connectivity index (χ1v) is 8.27. The molecule has 20 heavy (non-hydrogen) atoms. The maximum Gasteiger partial charge on any atom is 0.0648 e. The molecule has 0 aliphatic heterocycles. The predicted octanol–water partition coefficient (Wildman–Crippen LogP) is 5.80. The van der Waals surface area contributed by atoms with E-state index in [0.717, 1.165) is 20.8 Å². The minimum atomic E-state index is 0.478. The van der Waals surface area contributed by atoms with Crippen LogP contribution in [0.15, 0.2) is 48.5 Å². The first-order chi connectivity index (χ1) is 9.58. The van der Waals surface area contributed by atoms with Crippen LogP contribution in [0.5, 0.6) is 0 Å². The summed E-state index contributed by atoms with van der Waals surface area (Å²) < 4.78 is 1.15. The molecule has 2 aromatic carbocycles. The molecule has 0 radical (unpaired) electrons. The molecule has 0 saturated carbocycles. The normalized spacial score (nSPS) is 12.4. The highest BCUT2D eigenvalue weighted by atomic mass is 127. The molecule has 0 spiro atoms. The summed E-state index contributed by atoms with van der Waals surface area (Å²) >= 11 is 8.54. The van der Waals surface area contributed by atoms with Gasteiger partial charge in [0.15, 0.2) is 0 Å². The van der Waals surface area contributed by atoms with Crippen LogP contribution >= 0.6 is 34.2 Å². The maximum atomic E-state index is 6.27. The molecule has 1 N–H and O–H groups in total. The van der Waals surface area contributed by atoms with Gasteiger partial charge in [0.1, 0.15) is 0 Å². The lowest BCUT2D eigenvalue weighted by atomic mass is 9.88. The van der Waals surface area contributed by atoms with Crippen LogP contribution in [0.25, 0.3) is 0 Å². The second kappa shape index (κ2) is 7.32. The van der Waals surface area contributed by atoms with Gasteiger partial charge >= 0.3 is 0 Å². The van der Waals surface area contributed by atoms with Gasteiger partial charge in [-0.15, -0.1) is 0 Å². The Balaban J connectivity index is 2.10. The summed E-state index contributed by atoms with van der Waals surface area (Å²) in [5, 5.41) is 4.27. The van der Waals surface area contributed by atoms with E-state index in [9.17, 15) is 0 Å². The first kappa shape index (κ1) is 15.6. The molecule has 0 heterocycles. The number of nitrogens with one attached hydrogen (secondary N) is 1. The Labute approximate surface area is 139 Å². The largest absolute Gasteiger partial charge is 0.383 e. The molecule has 1 atom stereocenters. The summed E-state index contributed by atoms with van der Waals surface area (Å²) in [5.74, 6) is 1.05. The average Bonchev–Trinajstić information content (AvgIpc) is 2.42. The molecule has 0 fully saturated rings. The molecule has 0 aromatic heterocycles. The van der Waals surface area contributed by atoms with Gasteiger partial charge in [-0.25, -0.2) is 0 Å². The quantitative estimate of drug-likeness (QED) is 0.627. The van der Waals surface area contributed by atoms with Crippen molar-refractivity contribution in [2.75, 3.05) is 11.9 Å². The van der Waals surface area contributed by atoms with Crippen LogP contribution in [0.4, 0.5) is 5.69 Å². The molecule has 1 nitrogen and oxygen atoms in total. The van der Waals surface area contributed by atoms with Crippen molar-refractivity contribution in [1.82, 2.24) is 0 Å². The molecule has 2 rings (SSSR count). The zero-order valence-electron chi connectivity index (χ0n) is 11.7. The lowest BCUT2D eigenvalue weighted by Crippen LogP contribution is -2.17. The van der Waals surface area contributed by atoms with Crippen molar-refractivity contribution in [2.45, 2.75) is 19.8 Å². The number of hydrogen-bond donors (Lipinski definition) is 1. The summed E-state index contributed by atoms with van der Waals surface area (Å²) in [4.78, 5) is 0.